The quantitative estimate of drug-likeness (QED) is 0.226. The molecule has 0 spiro atoms. The summed E-state index contributed by atoms with van der Waals surface area (Å²) in [5.41, 5.74) is 8.33. The highest BCUT2D eigenvalue weighted by atomic mass is 35.5. The Bertz CT molecular complexity index is 1340. The highest BCUT2D eigenvalue weighted by molar-refractivity contribution is 6.30. The molecule has 40 heavy (non-hydrogen) atoms. The average Bonchev–Trinajstić information content (AvgIpc) is 3.40. The molecule has 0 saturated heterocycles. The van der Waals surface area contributed by atoms with Crippen molar-refractivity contribution >= 4 is 29.3 Å². The topological polar surface area (TPSA) is 136 Å². The fourth-order valence-corrected chi connectivity index (χ4v) is 4.44. The van der Waals surface area contributed by atoms with E-state index in [4.69, 9.17) is 21.8 Å². The molecule has 10 heteroatoms. The molecule has 0 aliphatic carbocycles. The minimum atomic E-state index is -1.26. The van der Waals surface area contributed by atoms with Crippen LogP contribution in [0.25, 0.3) is 11.1 Å². The number of Topliss-reactive ketones (excluding diaryl/α,β-unsaturated/α-hetero) is 1. The summed E-state index contributed by atoms with van der Waals surface area (Å²) >= 11 is 6.03. The van der Waals surface area contributed by atoms with Crippen LogP contribution < -0.4 is 11.1 Å². The van der Waals surface area contributed by atoms with Crippen LogP contribution >= 0.6 is 11.6 Å². The van der Waals surface area contributed by atoms with Crippen molar-refractivity contribution in [1.82, 2.24) is 10.3 Å². The molecule has 0 aliphatic heterocycles. The first-order valence-corrected chi connectivity index (χ1v) is 13.5. The molecule has 214 valence electrons. The predicted molar refractivity (Wildman–Crippen MR) is 151 cm³/mol. The van der Waals surface area contributed by atoms with Gasteiger partial charge in [-0.15, -0.1) is 0 Å². The number of ketones is 1. The minimum Gasteiger partial charge on any atom is -0.480 e. The number of hydrogen-bond acceptors (Lipinski definition) is 6. The lowest BCUT2D eigenvalue weighted by Crippen LogP contribution is -2.51. The third-order valence-electron chi connectivity index (χ3n) is 6.75. The molecule has 2 aromatic carbocycles. The lowest BCUT2D eigenvalue weighted by atomic mass is 9.87. The zero-order chi connectivity index (χ0) is 29.6. The Balaban J connectivity index is 1.84. The maximum atomic E-state index is 14.3. The number of amides is 1. The van der Waals surface area contributed by atoms with E-state index in [1.165, 1.54) is 24.5 Å². The first kappa shape index (κ1) is 31.0. The zero-order valence-electron chi connectivity index (χ0n) is 23.0. The number of aliphatic carboxylic acids is 1. The van der Waals surface area contributed by atoms with Gasteiger partial charge in [-0.05, 0) is 59.9 Å². The average molecular weight is 572 g/mol. The summed E-state index contributed by atoms with van der Waals surface area (Å²) in [6.07, 6.45) is 1.67. The number of nitrogens with two attached hydrogens (primary N) is 1. The number of aromatic nitrogens is 1. The number of hydrogen-bond donors (Lipinski definition) is 3. The van der Waals surface area contributed by atoms with E-state index in [2.05, 4.69) is 10.3 Å². The second-order valence-electron chi connectivity index (χ2n) is 10.7. The number of rotatable bonds is 13. The van der Waals surface area contributed by atoms with Crippen LogP contribution in [0.3, 0.4) is 0 Å². The van der Waals surface area contributed by atoms with Crippen LogP contribution in [0.5, 0.6) is 0 Å². The highest BCUT2D eigenvalue weighted by Crippen LogP contribution is 2.28. The molecule has 8 nitrogen and oxygen atoms in total. The largest absolute Gasteiger partial charge is 0.480 e. The van der Waals surface area contributed by atoms with Gasteiger partial charge in [0, 0.05) is 17.0 Å². The van der Waals surface area contributed by atoms with E-state index in [-0.39, 0.29) is 36.4 Å². The number of benzene rings is 2. The zero-order valence-corrected chi connectivity index (χ0v) is 23.7. The Morgan fingerprint density at radius 1 is 1.10 bits per heavy atom. The van der Waals surface area contributed by atoms with Gasteiger partial charge in [-0.3, -0.25) is 9.59 Å². The van der Waals surface area contributed by atoms with Gasteiger partial charge >= 0.3 is 5.97 Å². The molecule has 1 heterocycles. The van der Waals surface area contributed by atoms with Crippen LogP contribution in [0.4, 0.5) is 4.39 Å². The molecule has 1 amide bonds. The van der Waals surface area contributed by atoms with Crippen LogP contribution in [0.2, 0.25) is 5.02 Å². The number of carboxylic acids is 1. The normalized spacial score (nSPS) is 13.7. The molecule has 0 saturated carbocycles. The lowest BCUT2D eigenvalue weighted by Gasteiger charge is -2.24. The van der Waals surface area contributed by atoms with Crippen molar-refractivity contribution in [3.63, 3.8) is 0 Å². The van der Waals surface area contributed by atoms with Gasteiger partial charge in [-0.25, -0.2) is 14.2 Å². The fourth-order valence-electron chi connectivity index (χ4n) is 4.27. The van der Waals surface area contributed by atoms with Crippen molar-refractivity contribution < 1.29 is 28.3 Å². The van der Waals surface area contributed by atoms with E-state index < -0.39 is 35.7 Å². The smallest absolute Gasteiger partial charge is 0.326 e. The number of carboxylic acid groups (broad SMARTS) is 1. The first-order chi connectivity index (χ1) is 18.8. The molecule has 0 aliphatic rings. The summed E-state index contributed by atoms with van der Waals surface area (Å²) in [4.78, 5) is 42.0. The summed E-state index contributed by atoms with van der Waals surface area (Å²) in [6, 6.07) is 9.24. The SMILES string of the molecule is CC(C)c1coc(C(=O)C[C@H](Cc2ccc(-c3cc(Cl)ccc3F)cc2)C[C@@H](NC(=O)[C@H](N)C(C)C)C(=O)O)n1. The third kappa shape index (κ3) is 8.22. The Morgan fingerprint density at radius 2 is 1.77 bits per heavy atom. The van der Waals surface area contributed by atoms with Crippen LogP contribution in [-0.4, -0.2) is 39.8 Å². The maximum absolute atomic E-state index is 14.3. The van der Waals surface area contributed by atoms with Gasteiger partial charge in [0.05, 0.1) is 11.7 Å². The lowest BCUT2D eigenvalue weighted by molar-refractivity contribution is -0.142. The molecule has 0 bridgehead atoms. The molecule has 1 aromatic heterocycles. The van der Waals surface area contributed by atoms with Gasteiger partial charge in [-0.1, -0.05) is 63.6 Å². The van der Waals surface area contributed by atoms with E-state index in [0.717, 1.165) is 5.56 Å². The van der Waals surface area contributed by atoms with E-state index in [9.17, 15) is 23.9 Å². The van der Waals surface area contributed by atoms with Gasteiger partial charge < -0.3 is 20.6 Å². The standard InChI is InChI=1S/C30H35ClFN3O5/c1-16(2)25-15-40-29(35-25)26(36)13-19(12-24(30(38)39)34-28(37)27(33)17(3)4)11-18-5-7-20(8-6-18)22-14-21(31)9-10-23(22)32/h5-10,14-17,19,24,27H,11-13,33H2,1-4H3,(H,34,37)(H,38,39)/t19-,24-,27-/m1/s1. The molecule has 3 rings (SSSR count). The number of nitrogens with one attached hydrogen (secondary N) is 1. The van der Waals surface area contributed by atoms with Crippen molar-refractivity contribution in [2.24, 2.45) is 17.6 Å². The summed E-state index contributed by atoms with van der Waals surface area (Å²) in [7, 11) is 0. The van der Waals surface area contributed by atoms with Gasteiger partial charge in [0.15, 0.2) is 0 Å². The summed E-state index contributed by atoms with van der Waals surface area (Å²) in [5.74, 6) is -3.24. The molecule has 0 fully saturated rings. The molecular formula is C30H35ClFN3O5. The number of halogens is 2. The van der Waals surface area contributed by atoms with Crippen molar-refractivity contribution in [2.75, 3.05) is 0 Å². The number of nitrogens with zero attached hydrogens (tertiary/aromatic N) is 1. The number of carbonyl (C=O) groups excluding carboxylic acids is 2. The second-order valence-corrected chi connectivity index (χ2v) is 11.1. The summed E-state index contributed by atoms with van der Waals surface area (Å²) in [5, 5.41) is 12.8. The summed E-state index contributed by atoms with van der Waals surface area (Å²) < 4.78 is 19.7. The Hall–Kier alpha value is -3.56. The van der Waals surface area contributed by atoms with Crippen molar-refractivity contribution in [3.05, 3.63) is 76.7 Å². The molecular weight excluding hydrogens is 537 g/mol. The number of carbonyl (C=O) groups is 3. The van der Waals surface area contributed by atoms with Gasteiger partial charge in [0.2, 0.25) is 11.7 Å². The molecule has 0 radical (unpaired) electrons. The fraction of sp³-hybridized carbons (Fsp3) is 0.400. The van der Waals surface area contributed by atoms with Crippen molar-refractivity contribution in [2.45, 2.75) is 65.0 Å². The highest BCUT2D eigenvalue weighted by Gasteiger charge is 2.30. The first-order valence-electron chi connectivity index (χ1n) is 13.2. The Morgan fingerprint density at radius 3 is 2.35 bits per heavy atom. The molecule has 4 N–H and O–H groups in total. The summed E-state index contributed by atoms with van der Waals surface area (Å²) in [6.45, 7) is 7.38. The van der Waals surface area contributed by atoms with E-state index in [1.807, 2.05) is 13.8 Å². The van der Waals surface area contributed by atoms with Crippen LogP contribution in [0, 0.1) is 17.7 Å². The number of oxazole rings is 1. The van der Waals surface area contributed by atoms with Crippen LogP contribution in [0.1, 0.15) is 68.4 Å². The Kier molecular flexibility index (Phi) is 10.6. The maximum Gasteiger partial charge on any atom is 0.326 e. The van der Waals surface area contributed by atoms with Crippen molar-refractivity contribution in [3.8, 4) is 11.1 Å². The second kappa shape index (κ2) is 13.7. The third-order valence-corrected chi connectivity index (χ3v) is 6.98. The van der Waals surface area contributed by atoms with E-state index in [0.29, 0.717) is 28.3 Å². The predicted octanol–water partition coefficient (Wildman–Crippen LogP) is 5.63. The van der Waals surface area contributed by atoms with E-state index >= 15 is 0 Å². The molecule has 3 atom stereocenters. The van der Waals surface area contributed by atoms with Gasteiger partial charge in [0.25, 0.3) is 5.89 Å². The van der Waals surface area contributed by atoms with Crippen molar-refractivity contribution in [1.29, 1.82) is 0 Å². The van der Waals surface area contributed by atoms with Crippen LogP contribution in [-0.2, 0) is 16.0 Å². The van der Waals surface area contributed by atoms with Gasteiger partial charge in [-0.2, -0.15) is 0 Å². The molecule has 0 unspecified atom stereocenters. The van der Waals surface area contributed by atoms with E-state index in [1.54, 1.807) is 38.1 Å². The monoisotopic (exact) mass is 571 g/mol. The minimum absolute atomic E-state index is 0.0277. The Labute approximate surface area is 238 Å². The molecule has 3 aromatic rings. The van der Waals surface area contributed by atoms with Crippen LogP contribution in [0.15, 0.2) is 53.1 Å². The van der Waals surface area contributed by atoms with Gasteiger partial charge in [0.1, 0.15) is 18.1 Å².